The van der Waals surface area contributed by atoms with Crippen LogP contribution in [0.5, 0.6) is 0 Å². The zero-order valence-electron chi connectivity index (χ0n) is 13.3. The van der Waals surface area contributed by atoms with Gasteiger partial charge in [-0.1, -0.05) is 0 Å². The number of rotatable bonds is 2. The number of aromatic nitrogens is 2. The molecule has 2 aliphatic rings. The molecule has 6 nitrogen and oxygen atoms in total. The number of likely N-dealkylation sites (tertiary alicyclic amines) is 1. The van der Waals surface area contributed by atoms with Gasteiger partial charge in [0.2, 0.25) is 0 Å². The van der Waals surface area contributed by atoms with Crippen LogP contribution in [0.3, 0.4) is 0 Å². The second kappa shape index (κ2) is 5.53. The lowest BCUT2D eigenvalue weighted by Crippen LogP contribution is -2.50. The molecule has 0 aliphatic carbocycles. The van der Waals surface area contributed by atoms with Crippen LogP contribution in [0.4, 0.5) is 0 Å². The van der Waals surface area contributed by atoms with Crippen LogP contribution >= 0.6 is 0 Å². The Hall–Kier alpha value is -2.08. The highest BCUT2D eigenvalue weighted by atomic mass is 16.5. The van der Waals surface area contributed by atoms with Gasteiger partial charge in [0.25, 0.3) is 5.91 Å². The zero-order valence-corrected chi connectivity index (χ0v) is 13.3. The molecule has 6 heteroatoms. The van der Waals surface area contributed by atoms with Crippen LogP contribution in [-0.4, -0.2) is 45.7 Å². The summed E-state index contributed by atoms with van der Waals surface area (Å²) in [6.07, 6.45) is 10.1. The summed E-state index contributed by atoms with van der Waals surface area (Å²) in [7, 11) is 0. The maximum atomic E-state index is 12.7. The SMILES string of the molecule is Cc1occc1C(=O)N1CCC[C@]2(C[C@H](n3ccnc3)CO2)C1. The van der Waals surface area contributed by atoms with Gasteiger partial charge < -0.3 is 18.6 Å². The third-order valence-corrected chi connectivity index (χ3v) is 5.05. The summed E-state index contributed by atoms with van der Waals surface area (Å²) in [5.41, 5.74) is 0.437. The quantitative estimate of drug-likeness (QED) is 0.854. The fourth-order valence-electron chi connectivity index (χ4n) is 3.83. The van der Waals surface area contributed by atoms with Crippen molar-refractivity contribution >= 4 is 5.91 Å². The molecule has 2 aromatic heterocycles. The predicted molar refractivity (Wildman–Crippen MR) is 83.1 cm³/mol. The van der Waals surface area contributed by atoms with E-state index in [1.807, 2.05) is 24.3 Å². The Labute approximate surface area is 135 Å². The molecule has 1 spiro atoms. The monoisotopic (exact) mass is 315 g/mol. The molecule has 2 fully saturated rings. The molecule has 0 bridgehead atoms. The minimum Gasteiger partial charge on any atom is -0.469 e. The molecule has 1 amide bonds. The van der Waals surface area contributed by atoms with Crippen molar-refractivity contribution < 1.29 is 13.9 Å². The Morgan fingerprint density at radius 3 is 3.13 bits per heavy atom. The first-order chi connectivity index (χ1) is 11.2. The lowest BCUT2D eigenvalue weighted by molar-refractivity contribution is -0.0449. The van der Waals surface area contributed by atoms with Crippen LogP contribution in [0.1, 0.15) is 41.4 Å². The second-order valence-corrected chi connectivity index (χ2v) is 6.58. The van der Waals surface area contributed by atoms with Gasteiger partial charge in [-0.05, 0) is 25.8 Å². The van der Waals surface area contributed by atoms with E-state index in [-0.39, 0.29) is 11.5 Å². The van der Waals surface area contributed by atoms with E-state index in [0.717, 1.165) is 25.8 Å². The summed E-state index contributed by atoms with van der Waals surface area (Å²) in [4.78, 5) is 18.8. The number of furan rings is 1. The minimum absolute atomic E-state index is 0.0463. The van der Waals surface area contributed by atoms with Gasteiger partial charge in [-0.15, -0.1) is 0 Å². The van der Waals surface area contributed by atoms with Gasteiger partial charge >= 0.3 is 0 Å². The second-order valence-electron chi connectivity index (χ2n) is 6.58. The number of aryl methyl sites for hydroxylation is 1. The highest BCUT2D eigenvalue weighted by Gasteiger charge is 2.45. The Morgan fingerprint density at radius 2 is 2.39 bits per heavy atom. The van der Waals surface area contributed by atoms with Crippen molar-refractivity contribution in [3.05, 3.63) is 42.4 Å². The van der Waals surface area contributed by atoms with Crippen LogP contribution in [0.25, 0.3) is 0 Å². The first kappa shape index (κ1) is 14.5. The van der Waals surface area contributed by atoms with Crippen molar-refractivity contribution in [2.75, 3.05) is 19.7 Å². The maximum Gasteiger partial charge on any atom is 0.257 e. The minimum atomic E-state index is -0.222. The predicted octanol–water partition coefficient (Wildman–Crippen LogP) is 2.42. The van der Waals surface area contributed by atoms with Crippen LogP contribution in [0, 0.1) is 6.92 Å². The van der Waals surface area contributed by atoms with Crippen molar-refractivity contribution in [2.24, 2.45) is 0 Å². The number of hydrogen-bond donors (Lipinski definition) is 0. The summed E-state index contributed by atoms with van der Waals surface area (Å²) in [6.45, 7) is 3.95. The number of hydrogen-bond acceptors (Lipinski definition) is 4. The molecule has 0 aromatic carbocycles. The van der Waals surface area contributed by atoms with Gasteiger partial charge in [-0.25, -0.2) is 4.98 Å². The van der Waals surface area contributed by atoms with Gasteiger partial charge in [0.1, 0.15) is 5.76 Å². The Bertz CT molecular complexity index is 694. The molecular formula is C17H21N3O3. The van der Waals surface area contributed by atoms with Gasteiger partial charge in [0, 0.05) is 25.4 Å². The fourth-order valence-corrected chi connectivity index (χ4v) is 3.83. The van der Waals surface area contributed by atoms with Crippen LogP contribution in [-0.2, 0) is 4.74 Å². The number of carbonyl (C=O) groups is 1. The molecule has 23 heavy (non-hydrogen) atoms. The maximum absolute atomic E-state index is 12.7. The summed E-state index contributed by atoms with van der Waals surface area (Å²) < 4.78 is 13.6. The first-order valence-electron chi connectivity index (χ1n) is 8.12. The van der Waals surface area contributed by atoms with Crippen molar-refractivity contribution in [1.29, 1.82) is 0 Å². The third-order valence-electron chi connectivity index (χ3n) is 5.05. The van der Waals surface area contributed by atoms with Gasteiger partial charge in [-0.3, -0.25) is 4.79 Å². The molecule has 0 radical (unpaired) electrons. The Kier molecular flexibility index (Phi) is 3.49. The molecule has 4 heterocycles. The van der Waals surface area contributed by atoms with Crippen LogP contribution in [0.2, 0.25) is 0 Å². The highest BCUT2D eigenvalue weighted by Crippen LogP contribution is 2.39. The molecule has 2 atom stereocenters. The number of ether oxygens (including phenoxy) is 1. The van der Waals surface area contributed by atoms with E-state index in [1.54, 1.807) is 18.5 Å². The zero-order chi connectivity index (χ0) is 15.9. The van der Waals surface area contributed by atoms with Crippen molar-refractivity contribution in [1.82, 2.24) is 14.5 Å². The Balaban J connectivity index is 1.49. The molecule has 4 rings (SSSR count). The lowest BCUT2D eigenvalue weighted by atomic mass is 9.88. The standard InChI is InChI=1S/C17H21N3O3/c1-13-15(3-8-22-13)16(21)19-6-2-4-17(11-19)9-14(10-23-17)20-7-5-18-12-20/h3,5,7-8,12,14H,2,4,6,9-11H2,1H3/t14-,17-/m0/s1. The number of nitrogens with zero attached hydrogens (tertiary/aromatic N) is 3. The summed E-state index contributed by atoms with van der Waals surface area (Å²) in [5, 5.41) is 0. The summed E-state index contributed by atoms with van der Waals surface area (Å²) >= 11 is 0. The number of piperidine rings is 1. The van der Waals surface area contributed by atoms with E-state index in [9.17, 15) is 4.79 Å². The largest absolute Gasteiger partial charge is 0.469 e. The molecule has 0 saturated carbocycles. The summed E-state index contributed by atoms with van der Waals surface area (Å²) in [5.74, 6) is 0.725. The van der Waals surface area contributed by atoms with E-state index in [4.69, 9.17) is 9.15 Å². The highest BCUT2D eigenvalue weighted by molar-refractivity contribution is 5.95. The molecule has 0 N–H and O–H groups in total. The van der Waals surface area contributed by atoms with Crippen LogP contribution in [0.15, 0.2) is 35.5 Å². The normalized spacial score (nSPS) is 27.7. The average molecular weight is 315 g/mol. The molecule has 2 aliphatic heterocycles. The molecule has 2 aromatic rings. The van der Waals surface area contributed by atoms with Crippen molar-refractivity contribution in [2.45, 2.75) is 37.8 Å². The molecule has 2 saturated heterocycles. The fraction of sp³-hybridized carbons (Fsp3) is 0.529. The van der Waals surface area contributed by atoms with E-state index in [0.29, 0.717) is 30.5 Å². The number of imidazole rings is 1. The number of carbonyl (C=O) groups excluding carboxylic acids is 1. The van der Waals surface area contributed by atoms with E-state index < -0.39 is 0 Å². The lowest BCUT2D eigenvalue weighted by Gasteiger charge is -2.39. The Morgan fingerprint density at radius 1 is 1.48 bits per heavy atom. The first-order valence-corrected chi connectivity index (χ1v) is 8.12. The van der Waals surface area contributed by atoms with Gasteiger partial charge in [0.05, 0.1) is 42.9 Å². The number of amides is 1. The van der Waals surface area contributed by atoms with Gasteiger partial charge in [-0.2, -0.15) is 0 Å². The van der Waals surface area contributed by atoms with E-state index in [2.05, 4.69) is 9.55 Å². The van der Waals surface area contributed by atoms with E-state index in [1.165, 1.54) is 0 Å². The molecule has 122 valence electrons. The van der Waals surface area contributed by atoms with E-state index >= 15 is 0 Å². The molecule has 0 unspecified atom stereocenters. The van der Waals surface area contributed by atoms with Crippen molar-refractivity contribution in [3.8, 4) is 0 Å². The summed E-state index contributed by atoms with van der Waals surface area (Å²) in [6, 6.07) is 2.06. The third kappa shape index (κ3) is 2.57. The molecular weight excluding hydrogens is 294 g/mol. The van der Waals surface area contributed by atoms with Crippen molar-refractivity contribution in [3.63, 3.8) is 0 Å². The average Bonchev–Trinajstić information content (AvgIpc) is 3.28. The van der Waals surface area contributed by atoms with Crippen LogP contribution < -0.4 is 0 Å². The smallest absolute Gasteiger partial charge is 0.257 e. The van der Waals surface area contributed by atoms with Gasteiger partial charge in [0.15, 0.2) is 0 Å². The topological polar surface area (TPSA) is 60.5 Å².